The van der Waals surface area contributed by atoms with Crippen LogP contribution in [-0.2, 0) is 4.79 Å². The van der Waals surface area contributed by atoms with Crippen LogP contribution in [0, 0.1) is 0 Å². The molecule has 2 aromatic rings. The van der Waals surface area contributed by atoms with Crippen LogP contribution < -0.4 is 0 Å². The summed E-state index contributed by atoms with van der Waals surface area (Å²) >= 11 is 0. The Morgan fingerprint density at radius 1 is 0.857 bits per heavy atom. The van der Waals surface area contributed by atoms with Gasteiger partial charge in [0.1, 0.15) is 0 Å². The van der Waals surface area contributed by atoms with Crippen molar-refractivity contribution in [2.75, 3.05) is 0 Å². The van der Waals surface area contributed by atoms with E-state index in [1.165, 1.54) is 16.7 Å². The zero-order chi connectivity index (χ0) is 15.4. The van der Waals surface area contributed by atoms with Crippen LogP contribution in [0.1, 0.15) is 50.7 Å². The van der Waals surface area contributed by atoms with Crippen molar-refractivity contribution in [3.05, 3.63) is 53.6 Å². The van der Waals surface area contributed by atoms with E-state index in [0.717, 1.165) is 5.56 Å². The van der Waals surface area contributed by atoms with Crippen molar-refractivity contribution in [2.45, 2.75) is 39.5 Å². The molecule has 0 aliphatic rings. The minimum atomic E-state index is 0.409. The Labute approximate surface area is 126 Å². The fourth-order valence-electron chi connectivity index (χ4n) is 2.69. The van der Waals surface area contributed by atoms with Gasteiger partial charge in [0.15, 0.2) is 0 Å². The lowest BCUT2D eigenvalue weighted by Crippen LogP contribution is -1.99. The lowest BCUT2D eigenvalue weighted by Gasteiger charge is -2.20. The Balaban J connectivity index is 2.81. The van der Waals surface area contributed by atoms with Gasteiger partial charge in [-0.05, 0) is 34.6 Å². The van der Waals surface area contributed by atoms with Gasteiger partial charge >= 0.3 is 0 Å². The number of benzene rings is 2. The molecular weight excluding hydrogens is 258 g/mol. The molecule has 0 atom stereocenters. The Bertz CT molecular complexity index is 653. The van der Waals surface area contributed by atoms with E-state index in [0.29, 0.717) is 17.5 Å². The van der Waals surface area contributed by atoms with Gasteiger partial charge in [0, 0.05) is 5.56 Å². The van der Waals surface area contributed by atoms with Gasteiger partial charge < -0.3 is 0 Å². The first-order valence-electron chi connectivity index (χ1n) is 7.36. The maximum atomic E-state index is 10.7. The minimum absolute atomic E-state index is 0.409. The second kappa shape index (κ2) is 6.51. The van der Waals surface area contributed by atoms with Crippen LogP contribution in [0.5, 0.6) is 0 Å². The molecule has 0 unspecified atom stereocenters. The van der Waals surface area contributed by atoms with Crippen LogP contribution in [0.4, 0.5) is 5.69 Å². The van der Waals surface area contributed by atoms with Crippen molar-refractivity contribution < 1.29 is 4.79 Å². The number of nitrogens with zero attached hydrogens (tertiary/aromatic N) is 1. The van der Waals surface area contributed by atoms with E-state index in [1.807, 2.05) is 24.3 Å². The van der Waals surface area contributed by atoms with Crippen molar-refractivity contribution >= 4 is 11.8 Å². The number of hydrogen-bond donors (Lipinski definition) is 0. The minimum Gasteiger partial charge on any atom is -0.211 e. The Kier molecular flexibility index (Phi) is 4.72. The van der Waals surface area contributed by atoms with E-state index in [4.69, 9.17) is 0 Å². The van der Waals surface area contributed by atoms with Gasteiger partial charge in [-0.2, -0.15) is 4.99 Å². The highest BCUT2D eigenvalue weighted by molar-refractivity contribution is 5.82. The van der Waals surface area contributed by atoms with Gasteiger partial charge in [-0.25, -0.2) is 4.79 Å². The molecule has 0 spiro atoms. The van der Waals surface area contributed by atoms with Crippen LogP contribution in [0.3, 0.4) is 0 Å². The van der Waals surface area contributed by atoms with Gasteiger partial charge in [-0.15, -0.1) is 0 Å². The molecule has 0 amide bonds. The zero-order valence-corrected chi connectivity index (χ0v) is 13.1. The van der Waals surface area contributed by atoms with Crippen LogP contribution in [0.15, 0.2) is 47.5 Å². The average Bonchev–Trinajstić information content (AvgIpc) is 2.47. The number of para-hydroxylation sites is 1. The molecule has 2 rings (SSSR count). The first-order chi connectivity index (χ1) is 10.1. The molecule has 2 aromatic carbocycles. The molecular formula is C19H21NO. The third kappa shape index (κ3) is 3.12. The SMILES string of the molecule is CC(C)c1cccc(C(C)C)c1-c1ccccc1N=C=O. The largest absolute Gasteiger partial charge is 0.240 e. The first-order valence-corrected chi connectivity index (χ1v) is 7.36. The van der Waals surface area contributed by atoms with Gasteiger partial charge in [-0.3, -0.25) is 0 Å². The maximum absolute atomic E-state index is 10.7. The summed E-state index contributed by atoms with van der Waals surface area (Å²) in [4.78, 5) is 14.6. The lowest BCUT2D eigenvalue weighted by molar-refractivity contribution is 0.565. The number of rotatable bonds is 4. The van der Waals surface area contributed by atoms with E-state index in [2.05, 4.69) is 50.9 Å². The Morgan fingerprint density at radius 2 is 1.43 bits per heavy atom. The van der Waals surface area contributed by atoms with E-state index in [9.17, 15) is 4.79 Å². The van der Waals surface area contributed by atoms with E-state index < -0.39 is 0 Å². The van der Waals surface area contributed by atoms with Crippen LogP contribution in [0.25, 0.3) is 11.1 Å². The molecule has 0 aliphatic heterocycles. The second-order valence-corrected chi connectivity index (χ2v) is 5.84. The Morgan fingerprint density at radius 3 is 1.95 bits per heavy atom. The summed E-state index contributed by atoms with van der Waals surface area (Å²) in [6.45, 7) is 8.76. The smallest absolute Gasteiger partial charge is 0.211 e. The van der Waals surface area contributed by atoms with Crippen LogP contribution in [0.2, 0.25) is 0 Å². The molecule has 0 radical (unpaired) electrons. The summed E-state index contributed by atoms with van der Waals surface area (Å²) in [5.41, 5.74) is 5.47. The monoisotopic (exact) mass is 279 g/mol. The number of aliphatic imine (C=N–C) groups is 1. The van der Waals surface area contributed by atoms with Crippen LogP contribution >= 0.6 is 0 Å². The standard InChI is InChI=1S/C19H21NO/c1-13(2)15-9-7-10-16(14(3)4)19(15)17-8-5-6-11-18(17)20-12-21/h5-11,13-14H,1-4H3. The average molecular weight is 279 g/mol. The summed E-state index contributed by atoms with van der Waals surface area (Å²) < 4.78 is 0. The molecule has 21 heavy (non-hydrogen) atoms. The summed E-state index contributed by atoms with van der Waals surface area (Å²) in [6.07, 6.45) is 1.67. The summed E-state index contributed by atoms with van der Waals surface area (Å²) in [7, 11) is 0. The predicted molar refractivity (Wildman–Crippen MR) is 87.8 cm³/mol. The fraction of sp³-hybridized carbons (Fsp3) is 0.316. The van der Waals surface area contributed by atoms with Gasteiger partial charge in [0.05, 0.1) is 5.69 Å². The molecule has 0 aliphatic carbocycles. The number of carbonyl (C=O) groups excluding carboxylic acids is 1. The van der Waals surface area contributed by atoms with E-state index in [-0.39, 0.29) is 0 Å². The molecule has 0 heterocycles. The molecule has 2 heteroatoms. The quantitative estimate of drug-likeness (QED) is 0.531. The highest BCUT2D eigenvalue weighted by atomic mass is 16.1. The summed E-state index contributed by atoms with van der Waals surface area (Å²) in [5.74, 6) is 0.818. The molecule has 2 nitrogen and oxygen atoms in total. The van der Waals surface area contributed by atoms with Crippen molar-refractivity contribution in [1.29, 1.82) is 0 Å². The van der Waals surface area contributed by atoms with Gasteiger partial charge in [0.2, 0.25) is 6.08 Å². The molecule has 108 valence electrons. The molecule has 0 N–H and O–H groups in total. The van der Waals surface area contributed by atoms with E-state index in [1.54, 1.807) is 6.08 Å². The Hall–Kier alpha value is -2.18. The normalized spacial score (nSPS) is 10.8. The summed E-state index contributed by atoms with van der Waals surface area (Å²) in [6, 6.07) is 14.2. The third-order valence-electron chi connectivity index (χ3n) is 3.71. The first kappa shape index (κ1) is 15.2. The number of isocyanates is 1. The predicted octanol–water partition coefficient (Wildman–Crippen LogP) is 5.57. The van der Waals surface area contributed by atoms with Gasteiger partial charge in [-0.1, -0.05) is 64.1 Å². The highest BCUT2D eigenvalue weighted by Gasteiger charge is 2.17. The lowest BCUT2D eigenvalue weighted by atomic mass is 9.84. The fourth-order valence-corrected chi connectivity index (χ4v) is 2.69. The molecule has 0 saturated heterocycles. The number of hydrogen-bond acceptors (Lipinski definition) is 2. The molecule has 0 saturated carbocycles. The molecule has 0 fully saturated rings. The van der Waals surface area contributed by atoms with Crippen molar-refractivity contribution in [3.8, 4) is 11.1 Å². The van der Waals surface area contributed by atoms with Gasteiger partial charge in [0.25, 0.3) is 0 Å². The van der Waals surface area contributed by atoms with E-state index >= 15 is 0 Å². The topological polar surface area (TPSA) is 29.4 Å². The highest BCUT2D eigenvalue weighted by Crippen LogP contribution is 2.40. The maximum Gasteiger partial charge on any atom is 0.240 e. The third-order valence-corrected chi connectivity index (χ3v) is 3.71. The van der Waals surface area contributed by atoms with Crippen molar-refractivity contribution in [2.24, 2.45) is 4.99 Å². The van der Waals surface area contributed by atoms with Crippen molar-refractivity contribution in [3.63, 3.8) is 0 Å². The molecule has 0 aromatic heterocycles. The van der Waals surface area contributed by atoms with Crippen molar-refractivity contribution in [1.82, 2.24) is 0 Å². The van der Waals surface area contributed by atoms with Crippen LogP contribution in [-0.4, -0.2) is 6.08 Å². The molecule has 0 bridgehead atoms. The second-order valence-electron chi connectivity index (χ2n) is 5.84. The zero-order valence-electron chi connectivity index (χ0n) is 13.1. The summed E-state index contributed by atoms with van der Waals surface area (Å²) in [5, 5.41) is 0.